The fourth-order valence-corrected chi connectivity index (χ4v) is 2.23. The van der Waals surface area contributed by atoms with Crippen molar-refractivity contribution in [1.29, 1.82) is 5.26 Å². The Morgan fingerprint density at radius 1 is 1.32 bits per heavy atom. The van der Waals surface area contributed by atoms with E-state index in [1.165, 1.54) is 12.1 Å². The Hall–Kier alpha value is -1.25. The number of rotatable bonds is 6. The van der Waals surface area contributed by atoms with Crippen LogP contribution < -0.4 is 4.74 Å². The van der Waals surface area contributed by atoms with E-state index in [1.807, 2.05) is 13.8 Å². The van der Waals surface area contributed by atoms with E-state index in [-0.39, 0.29) is 10.3 Å². The second-order valence-electron chi connectivity index (χ2n) is 4.86. The highest BCUT2D eigenvalue weighted by Crippen LogP contribution is 2.22. The molecular formula is C13H16ClNO3S. The normalized spacial score (nSPS) is 11.9. The summed E-state index contributed by atoms with van der Waals surface area (Å²) in [5.74, 6) is 0.582. The van der Waals surface area contributed by atoms with Crippen molar-refractivity contribution in [2.24, 2.45) is 5.41 Å². The molecule has 4 nitrogen and oxygen atoms in total. The minimum atomic E-state index is -3.69. The lowest BCUT2D eigenvalue weighted by Crippen LogP contribution is -2.10. The summed E-state index contributed by atoms with van der Waals surface area (Å²) in [4.78, 5) is 0.0483. The molecule has 0 aliphatic heterocycles. The van der Waals surface area contributed by atoms with Gasteiger partial charge in [-0.2, -0.15) is 5.26 Å². The van der Waals surface area contributed by atoms with Crippen LogP contribution in [0.3, 0.4) is 0 Å². The van der Waals surface area contributed by atoms with Crippen LogP contribution in [0.2, 0.25) is 0 Å². The van der Waals surface area contributed by atoms with Crippen LogP contribution >= 0.6 is 10.7 Å². The highest BCUT2D eigenvalue weighted by Gasteiger charge is 2.15. The van der Waals surface area contributed by atoms with Crippen LogP contribution in [0.15, 0.2) is 29.2 Å². The summed E-state index contributed by atoms with van der Waals surface area (Å²) in [5.41, 5.74) is -0.347. The van der Waals surface area contributed by atoms with Gasteiger partial charge in [0.2, 0.25) is 0 Å². The Balaban J connectivity index is 2.46. The number of nitrogens with zero attached hydrogens (tertiary/aromatic N) is 1. The molecule has 1 rings (SSSR count). The maximum atomic E-state index is 11.0. The van der Waals surface area contributed by atoms with Crippen LogP contribution in [0.5, 0.6) is 5.75 Å². The standard InChI is InChI=1S/C13H16ClNO3S/c1-13(2,10-15)8-3-9-18-11-4-6-12(7-5-11)19(14,16)17/h4-7H,3,8-9H2,1-2H3. The van der Waals surface area contributed by atoms with Crippen molar-refractivity contribution in [3.63, 3.8) is 0 Å². The molecule has 1 aromatic carbocycles. The van der Waals surface area contributed by atoms with E-state index in [2.05, 4.69) is 6.07 Å². The third-order valence-electron chi connectivity index (χ3n) is 2.62. The number of halogens is 1. The minimum Gasteiger partial charge on any atom is -0.494 e. The van der Waals surface area contributed by atoms with E-state index in [4.69, 9.17) is 20.7 Å². The molecule has 0 amide bonds. The van der Waals surface area contributed by atoms with Gasteiger partial charge in [-0.3, -0.25) is 0 Å². The van der Waals surface area contributed by atoms with E-state index >= 15 is 0 Å². The first-order valence-electron chi connectivity index (χ1n) is 5.83. The summed E-state index contributed by atoms with van der Waals surface area (Å²) in [6, 6.07) is 8.15. The Morgan fingerprint density at radius 3 is 2.37 bits per heavy atom. The van der Waals surface area contributed by atoms with E-state index in [0.717, 1.165) is 12.8 Å². The van der Waals surface area contributed by atoms with Gasteiger partial charge in [0.25, 0.3) is 9.05 Å². The van der Waals surface area contributed by atoms with Gasteiger partial charge in [0.15, 0.2) is 0 Å². The summed E-state index contributed by atoms with van der Waals surface area (Å²) in [6.45, 7) is 4.25. The molecule has 104 valence electrons. The molecule has 19 heavy (non-hydrogen) atoms. The summed E-state index contributed by atoms with van der Waals surface area (Å²) < 4.78 is 27.6. The van der Waals surface area contributed by atoms with Gasteiger partial charge in [0.1, 0.15) is 5.75 Å². The molecule has 0 aliphatic carbocycles. The van der Waals surface area contributed by atoms with Gasteiger partial charge in [0.05, 0.1) is 23.0 Å². The van der Waals surface area contributed by atoms with E-state index in [1.54, 1.807) is 12.1 Å². The van der Waals surface area contributed by atoms with Crippen molar-refractivity contribution in [2.45, 2.75) is 31.6 Å². The van der Waals surface area contributed by atoms with Crippen molar-refractivity contribution in [3.05, 3.63) is 24.3 Å². The molecule has 0 aliphatic rings. The van der Waals surface area contributed by atoms with Crippen LogP contribution in [0.25, 0.3) is 0 Å². The van der Waals surface area contributed by atoms with Crippen LogP contribution in [0.4, 0.5) is 0 Å². The van der Waals surface area contributed by atoms with Crippen LogP contribution in [0.1, 0.15) is 26.7 Å². The number of hydrogen-bond donors (Lipinski definition) is 0. The molecule has 0 aromatic heterocycles. The highest BCUT2D eigenvalue weighted by atomic mass is 35.7. The second-order valence-corrected chi connectivity index (χ2v) is 7.42. The van der Waals surface area contributed by atoms with Crippen molar-refractivity contribution in [1.82, 2.24) is 0 Å². The van der Waals surface area contributed by atoms with Gasteiger partial charge in [0, 0.05) is 10.7 Å². The first-order chi connectivity index (χ1) is 8.74. The largest absolute Gasteiger partial charge is 0.494 e. The lowest BCUT2D eigenvalue weighted by molar-refractivity contribution is 0.284. The monoisotopic (exact) mass is 301 g/mol. The predicted octanol–water partition coefficient (Wildman–Crippen LogP) is 3.32. The number of nitriles is 1. The number of hydrogen-bond acceptors (Lipinski definition) is 4. The van der Waals surface area contributed by atoms with E-state index < -0.39 is 9.05 Å². The summed E-state index contributed by atoms with van der Waals surface area (Å²) >= 11 is 0. The fourth-order valence-electron chi connectivity index (χ4n) is 1.46. The molecule has 0 N–H and O–H groups in total. The lowest BCUT2D eigenvalue weighted by atomic mass is 9.90. The topological polar surface area (TPSA) is 67.2 Å². The first kappa shape index (κ1) is 15.8. The molecule has 1 aromatic rings. The SMILES string of the molecule is CC(C)(C#N)CCCOc1ccc(S(=O)(=O)Cl)cc1. The van der Waals surface area contributed by atoms with Crippen molar-refractivity contribution >= 4 is 19.7 Å². The van der Waals surface area contributed by atoms with Crippen molar-refractivity contribution in [2.75, 3.05) is 6.61 Å². The average Bonchev–Trinajstić information content (AvgIpc) is 2.34. The van der Waals surface area contributed by atoms with Gasteiger partial charge in [-0.25, -0.2) is 8.42 Å². The van der Waals surface area contributed by atoms with Crippen molar-refractivity contribution < 1.29 is 13.2 Å². The van der Waals surface area contributed by atoms with Gasteiger partial charge >= 0.3 is 0 Å². The Morgan fingerprint density at radius 2 is 1.89 bits per heavy atom. The molecule has 0 saturated carbocycles. The van der Waals surface area contributed by atoms with Gasteiger partial charge in [-0.1, -0.05) is 0 Å². The zero-order valence-corrected chi connectivity index (χ0v) is 12.5. The zero-order valence-electron chi connectivity index (χ0n) is 10.9. The molecule has 0 saturated heterocycles. The van der Waals surface area contributed by atoms with Crippen molar-refractivity contribution in [3.8, 4) is 11.8 Å². The first-order valence-corrected chi connectivity index (χ1v) is 8.14. The third-order valence-corrected chi connectivity index (χ3v) is 3.99. The number of benzene rings is 1. The maximum absolute atomic E-state index is 11.0. The Bertz CT molecular complexity index is 559. The molecule has 0 atom stereocenters. The second kappa shape index (κ2) is 6.27. The molecule has 0 bridgehead atoms. The molecule has 0 heterocycles. The predicted molar refractivity (Wildman–Crippen MR) is 73.6 cm³/mol. The number of ether oxygens (including phenoxy) is 1. The molecule has 0 spiro atoms. The molecule has 0 unspecified atom stereocenters. The quantitative estimate of drug-likeness (QED) is 0.597. The zero-order chi connectivity index (χ0) is 14.5. The smallest absolute Gasteiger partial charge is 0.261 e. The maximum Gasteiger partial charge on any atom is 0.261 e. The lowest BCUT2D eigenvalue weighted by Gasteiger charge is -2.14. The highest BCUT2D eigenvalue weighted by molar-refractivity contribution is 8.13. The van der Waals surface area contributed by atoms with Crippen LogP contribution in [0, 0.1) is 16.7 Å². The third kappa shape index (κ3) is 5.50. The Labute approximate surface area is 118 Å². The van der Waals surface area contributed by atoms with Crippen LogP contribution in [-0.4, -0.2) is 15.0 Å². The average molecular weight is 302 g/mol. The van der Waals surface area contributed by atoms with Gasteiger partial charge < -0.3 is 4.74 Å². The summed E-state index contributed by atoms with van der Waals surface area (Å²) in [6.07, 6.45) is 1.51. The summed E-state index contributed by atoms with van der Waals surface area (Å²) in [7, 11) is 1.52. The molecule has 0 fully saturated rings. The minimum absolute atomic E-state index is 0.0483. The molecule has 0 radical (unpaired) electrons. The molecular weight excluding hydrogens is 286 g/mol. The Kier molecular flexibility index (Phi) is 5.21. The van der Waals surface area contributed by atoms with E-state index in [9.17, 15) is 8.42 Å². The van der Waals surface area contributed by atoms with E-state index in [0.29, 0.717) is 12.4 Å². The van der Waals surface area contributed by atoms with Gasteiger partial charge in [-0.15, -0.1) is 0 Å². The fraction of sp³-hybridized carbons (Fsp3) is 0.462. The summed E-state index contributed by atoms with van der Waals surface area (Å²) in [5, 5.41) is 8.86. The van der Waals surface area contributed by atoms with Crippen LogP contribution in [-0.2, 0) is 9.05 Å². The molecule has 6 heteroatoms. The van der Waals surface area contributed by atoms with Gasteiger partial charge in [-0.05, 0) is 51.0 Å².